The van der Waals surface area contributed by atoms with Gasteiger partial charge in [-0.25, -0.2) is 14.6 Å². The zero-order chi connectivity index (χ0) is 27.2. The number of esters is 1. The largest absolute Gasteiger partial charge is 0.459 e. The zero-order valence-electron chi connectivity index (χ0n) is 23.2. The summed E-state index contributed by atoms with van der Waals surface area (Å²) in [5.74, 6) is -0.0327. The van der Waals surface area contributed by atoms with E-state index in [2.05, 4.69) is 29.0 Å². The first kappa shape index (κ1) is 30.1. The summed E-state index contributed by atoms with van der Waals surface area (Å²) in [5, 5.41) is 5.96. The van der Waals surface area contributed by atoms with E-state index in [0.717, 1.165) is 68.4 Å². The number of nitrogens with one attached hydrogen (secondary N) is 1. The number of benzene rings is 1. The van der Waals surface area contributed by atoms with Crippen LogP contribution in [0.5, 0.6) is 0 Å². The summed E-state index contributed by atoms with van der Waals surface area (Å²) in [6, 6.07) is 8.63. The van der Waals surface area contributed by atoms with E-state index in [1.165, 1.54) is 12.8 Å². The van der Waals surface area contributed by atoms with Crippen molar-refractivity contribution in [3.8, 4) is 0 Å². The summed E-state index contributed by atoms with van der Waals surface area (Å²) in [7, 11) is 1.73. The van der Waals surface area contributed by atoms with Crippen LogP contribution in [0.2, 0.25) is 0 Å². The lowest BCUT2D eigenvalue weighted by Gasteiger charge is -2.26. The molecule has 0 spiro atoms. The summed E-state index contributed by atoms with van der Waals surface area (Å²) in [5.41, 5.74) is 1.78. The number of carbonyl (C=O) groups excluding carboxylic acids is 2. The van der Waals surface area contributed by atoms with E-state index in [-0.39, 0.29) is 12.6 Å². The maximum Gasteiger partial charge on any atom is 0.329 e. The molecule has 8 nitrogen and oxygen atoms in total. The molecular weight excluding hydrogens is 500 g/mol. The van der Waals surface area contributed by atoms with Gasteiger partial charge in [0.2, 0.25) is 0 Å². The molecule has 0 radical (unpaired) electrons. The Hall–Kier alpha value is -2.49. The Morgan fingerprint density at radius 3 is 2.53 bits per heavy atom. The van der Waals surface area contributed by atoms with Crippen molar-refractivity contribution in [3.63, 3.8) is 0 Å². The summed E-state index contributed by atoms with van der Waals surface area (Å²) >= 11 is 1.61. The number of ether oxygens (including phenoxy) is 2. The van der Waals surface area contributed by atoms with E-state index >= 15 is 0 Å². The summed E-state index contributed by atoms with van der Waals surface area (Å²) in [6.45, 7) is 9.66. The highest BCUT2D eigenvalue weighted by atomic mass is 32.1. The molecule has 2 heterocycles. The number of morpholine rings is 1. The molecule has 2 amide bonds. The molecule has 3 rings (SSSR count). The molecule has 1 aliphatic rings. The Bertz CT molecular complexity index is 962. The number of amides is 2. The monoisotopic (exact) mass is 544 g/mol. The third-order valence-electron chi connectivity index (χ3n) is 6.69. The minimum Gasteiger partial charge on any atom is -0.459 e. The quantitative estimate of drug-likeness (QED) is 0.245. The van der Waals surface area contributed by atoms with Crippen molar-refractivity contribution in [1.29, 1.82) is 0 Å². The van der Waals surface area contributed by atoms with Crippen LogP contribution in [0.25, 0.3) is 0 Å². The average molecular weight is 545 g/mol. The van der Waals surface area contributed by atoms with Crippen LogP contribution in [-0.2, 0) is 27.4 Å². The molecule has 1 N–H and O–H groups in total. The van der Waals surface area contributed by atoms with Crippen molar-refractivity contribution < 1.29 is 19.1 Å². The van der Waals surface area contributed by atoms with Gasteiger partial charge in [-0.15, -0.1) is 11.3 Å². The molecule has 38 heavy (non-hydrogen) atoms. The lowest BCUT2D eigenvalue weighted by Crippen LogP contribution is -2.47. The molecule has 9 heteroatoms. The number of nitrogens with zero attached hydrogens (tertiary/aromatic N) is 3. The molecule has 1 unspecified atom stereocenters. The first-order chi connectivity index (χ1) is 18.4. The summed E-state index contributed by atoms with van der Waals surface area (Å²) in [4.78, 5) is 34.6. The molecule has 210 valence electrons. The molecule has 2 aromatic rings. The maximum atomic E-state index is 13.0. The number of hydrogen-bond donors (Lipinski definition) is 1. The van der Waals surface area contributed by atoms with Gasteiger partial charge in [0.15, 0.2) is 0 Å². The molecular formula is C29H44N4O4S. The smallest absolute Gasteiger partial charge is 0.329 e. The molecule has 1 fully saturated rings. The zero-order valence-corrected chi connectivity index (χ0v) is 24.0. The summed E-state index contributed by atoms with van der Waals surface area (Å²) in [6.07, 6.45) is 5.90. The Morgan fingerprint density at radius 1 is 1.11 bits per heavy atom. The van der Waals surface area contributed by atoms with Crippen LogP contribution in [0.4, 0.5) is 4.79 Å². The van der Waals surface area contributed by atoms with Crippen LogP contribution in [0.1, 0.15) is 74.6 Å². The third-order valence-corrected chi connectivity index (χ3v) is 7.88. The van der Waals surface area contributed by atoms with Crippen molar-refractivity contribution in [2.45, 2.75) is 77.5 Å². The second kappa shape index (κ2) is 16.5. The minimum absolute atomic E-state index is 0.195. The van der Waals surface area contributed by atoms with Gasteiger partial charge < -0.3 is 19.7 Å². The van der Waals surface area contributed by atoms with Crippen molar-refractivity contribution in [2.75, 3.05) is 39.9 Å². The predicted octanol–water partition coefficient (Wildman–Crippen LogP) is 5.19. The molecule has 0 bridgehead atoms. The fourth-order valence-electron chi connectivity index (χ4n) is 4.35. The van der Waals surface area contributed by atoms with Gasteiger partial charge in [0.1, 0.15) is 12.6 Å². The average Bonchev–Trinajstić information content (AvgIpc) is 3.40. The van der Waals surface area contributed by atoms with Gasteiger partial charge in [-0.2, -0.15) is 0 Å². The first-order valence-electron chi connectivity index (χ1n) is 13.9. The van der Waals surface area contributed by atoms with Gasteiger partial charge in [-0.05, 0) is 24.9 Å². The van der Waals surface area contributed by atoms with Crippen LogP contribution in [0.3, 0.4) is 0 Å². The van der Waals surface area contributed by atoms with Crippen LogP contribution in [-0.4, -0.2) is 72.7 Å². The van der Waals surface area contributed by atoms with Gasteiger partial charge in [-0.3, -0.25) is 4.90 Å². The molecule has 1 saturated heterocycles. The van der Waals surface area contributed by atoms with Gasteiger partial charge in [0, 0.05) is 31.4 Å². The fraction of sp³-hybridized carbons (Fsp3) is 0.621. The van der Waals surface area contributed by atoms with Crippen LogP contribution >= 0.6 is 11.3 Å². The van der Waals surface area contributed by atoms with Crippen LogP contribution in [0, 0.1) is 0 Å². The molecule has 1 aliphatic heterocycles. The topological polar surface area (TPSA) is 84.0 Å². The van der Waals surface area contributed by atoms with Crippen molar-refractivity contribution >= 4 is 23.3 Å². The summed E-state index contributed by atoms with van der Waals surface area (Å²) < 4.78 is 11.0. The van der Waals surface area contributed by atoms with E-state index in [1.807, 2.05) is 35.7 Å². The highest BCUT2D eigenvalue weighted by Crippen LogP contribution is 2.20. The van der Waals surface area contributed by atoms with Gasteiger partial charge in [-0.1, -0.05) is 69.9 Å². The van der Waals surface area contributed by atoms with E-state index < -0.39 is 12.0 Å². The van der Waals surface area contributed by atoms with Gasteiger partial charge in [0.05, 0.1) is 30.5 Å². The van der Waals surface area contributed by atoms with E-state index in [9.17, 15) is 9.59 Å². The number of rotatable bonds is 15. The third kappa shape index (κ3) is 10.7. The normalized spacial score (nSPS) is 14.8. The maximum absolute atomic E-state index is 13.0. The number of unbranched alkanes of at least 4 members (excludes halogenated alkanes) is 4. The number of carbonyl (C=O) groups is 2. The second-order valence-electron chi connectivity index (χ2n) is 10.3. The molecule has 0 aliphatic carbocycles. The lowest BCUT2D eigenvalue weighted by atomic mass is 10.1. The number of aromatic nitrogens is 1. The van der Waals surface area contributed by atoms with Crippen molar-refractivity contribution in [2.24, 2.45) is 0 Å². The Labute approximate surface area is 231 Å². The van der Waals surface area contributed by atoms with Crippen molar-refractivity contribution in [3.05, 3.63) is 52.0 Å². The van der Waals surface area contributed by atoms with Crippen LogP contribution < -0.4 is 5.32 Å². The van der Waals surface area contributed by atoms with E-state index in [1.54, 1.807) is 23.3 Å². The van der Waals surface area contributed by atoms with E-state index in [4.69, 9.17) is 9.47 Å². The number of urea groups is 1. The number of hydrogen-bond acceptors (Lipinski definition) is 7. The molecule has 1 aromatic heterocycles. The predicted molar refractivity (Wildman–Crippen MR) is 151 cm³/mol. The molecule has 1 aromatic carbocycles. The van der Waals surface area contributed by atoms with Gasteiger partial charge in [0.25, 0.3) is 0 Å². The fourth-order valence-corrected chi connectivity index (χ4v) is 5.18. The molecule has 1 atom stereocenters. The lowest BCUT2D eigenvalue weighted by molar-refractivity contribution is -0.147. The second-order valence-corrected chi connectivity index (χ2v) is 11.2. The Morgan fingerprint density at radius 2 is 1.82 bits per heavy atom. The minimum atomic E-state index is -0.677. The standard InChI is InChI=1S/C29H44N4O4S/c1-23(2)27-30-25(22-38-27)20-32(3)29(35)31-26(28(34)37-21-24-12-8-7-9-13-24)14-10-5-4-6-11-15-33-16-18-36-19-17-33/h7-9,12-13,22-23,26H,4-6,10-11,14-21H2,1-3H3,(H,31,35). The van der Waals surface area contributed by atoms with Gasteiger partial charge >= 0.3 is 12.0 Å². The Balaban J connectivity index is 1.45. The first-order valence-corrected chi connectivity index (χ1v) is 14.8. The van der Waals surface area contributed by atoms with Crippen LogP contribution in [0.15, 0.2) is 35.7 Å². The highest BCUT2D eigenvalue weighted by molar-refractivity contribution is 7.09. The SMILES string of the molecule is CC(C)c1nc(CN(C)C(=O)NC(CCCCCCCN2CCOCC2)C(=O)OCc2ccccc2)cs1. The van der Waals surface area contributed by atoms with Crippen molar-refractivity contribution in [1.82, 2.24) is 20.1 Å². The molecule has 0 saturated carbocycles. The Kier molecular flexibility index (Phi) is 13.0. The number of thiazole rings is 1. The van der Waals surface area contributed by atoms with E-state index in [0.29, 0.717) is 18.9 Å². The highest BCUT2D eigenvalue weighted by Gasteiger charge is 2.24.